The first kappa shape index (κ1) is 14.6. The fourth-order valence-corrected chi connectivity index (χ4v) is 1.70. The molecule has 1 amide bonds. The van der Waals surface area contributed by atoms with E-state index in [-0.39, 0.29) is 17.6 Å². The van der Waals surface area contributed by atoms with Crippen LogP contribution in [0.25, 0.3) is 0 Å². The molecular weight excluding hydrogens is 231 g/mol. The number of halogens is 1. The van der Waals surface area contributed by atoms with Crippen LogP contribution in [0.15, 0.2) is 18.2 Å². The number of aryl methyl sites for hydroxylation is 1. The maximum atomic E-state index is 13.1. The van der Waals surface area contributed by atoms with Crippen molar-refractivity contribution in [3.8, 4) is 0 Å². The first-order valence-corrected chi connectivity index (χ1v) is 6.13. The lowest BCUT2D eigenvalue weighted by Crippen LogP contribution is -2.29. The lowest BCUT2D eigenvalue weighted by molar-refractivity contribution is -0.131. The second-order valence-electron chi connectivity index (χ2n) is 4.88. The number of amides is 1. The van der Waals surface area contributed by atoms with Crippen molar-refractivity contribution in [1.29, 1.82) is 0 Å². The molecule has 0 aliphatic rings. The van der Waals surface area contributed by atoms with Gasteiger partial charge in [0, 0.05) is 20.0 Å². The molecule has 1 aromatic carbocycles. The Hall–Kier alpha value is -1.42. The Morgan fingerprint density at radius 2 is 2.17 bits per heavy atom. The normalized spacial score (nSPS) is 12.3. The summed E-state index contributed by atoms with van der Waals surface area (Å²) in [5, 5.41) is 0. The van der Waals surface area contributed by atoms with Crippen LogP contribution < -0.4 is 5.73 Å². The Balaban J connectivity index is 2.60. The third-order valence-electron chi connectivity index (χ3n) is 2.99. The van der Waals surface area contributed by atoms with Crippen molar-refractivity contribution in [3.05, 3.63) is 35.1 Å². The van der Waals surface area contributed by atoms with E-state index in [4.69, 9.17) is 5.73 Å². The standard InChI is InChI=1S/C14H21FN2O/c1-10(8-16)6-14(18)17(3)9-12-4-5-13(15)11(2)7-12/h4-5,7,10H,6,8-9,16H2,1-3H3. The van der Waals surface area contributed by atoms with Gasteiger partial charge in [0.15, 0.2) is 0 Å². The molecule has 18 heavy (non-hydrogen) atoms. The van der Waals surface area contributed by atoms with Gasteiger partial charge in [-0.15, -0.1) is 0 Å². The van der Waals surface area contributed by atoms with E-state index in [9.17, 15) is 9.18 Å². The van der Waals surface area contributed by atoms with Crippen LogP contribution in [0.3, 0.4) is 0 Å². The molecule has 1 rings (SSSR count). The number of hydrogen-bond donors (Lipinski definition) is 1. The van der Waals surface area contributed by atoms with Gasteiger partial charge in [-0.1, -0.05) is 19.1 Å². The molecule has 0 heterocycles. The van der Waals surface area contributed by atoms with Crippen molar-refractivity contribution in [3.63, 3.8) is 0 Å². The molecule has 0 bridgehead atoms. The Kier molecular flexibility index (Phi) is 5.28. The Morgan fingerprint density at radius 3 is 2.72 bits per heavy atom. The molecule has 0 fully saturated rings. The maximum absolute atomic E-state index is 13.1. The van der Waals surface area contributed by atoms with Crippen LogP contribution in [0, 0.1) is 18.7 Å². The molecule has 1 atom stereocenters. The van der Waals surface area contributed by atoms with Gasteiger partial charge in [-0.2, -0.15) is 0 Å². The fourth-order valence-electron chi connectivity index (χ4n) is 1.70. The third-order valence-corrected chi connectivity index (χ3v) is 2.99. The van der Waals surface area contributed by atoms with Crippen molar-refractivity contribution in [2.75, 3.05) is 13.6 Å². The van der Waals surface area contributed by atoms with Crippen LogP contribution in [0.4, 0.5) is 4.39 Å². The van der Waals surface area contributed by atoms with Crippen LogP contribution in [0.1, 0.15) is 24.5 Å². The highest BCUT2D eigenvalue weighted by atomic mass is 19.1. The largest absolute Gasteiger partial charge is 0.341 e. The van der Waals surface area contributed by atoms with Gasteiger partial charge in [0.1, 0.15) is 5.82 Å². The second kappa shape index (κ2) is 6.50. The van der Waals surface area contributed by atoms with Crippen LogP contribution in [-0.4, -0.2) is 24.4 Å². The first-order valence-electron chi connectivity index (χ1n) is 6.13. The van der Waals surface area contributed by atoms with E-state index in [1.165, 1.54) is 6.07 Å². The zero-order valence-electron chi connectivity index (χ0n) is 11.2. The van der Waals surface area contributed by atoms with Gasteiger partial charge in [0.2, 0.25) is 5.91 Å². The summed E-state index contributed by atoms with van der Waals surface area (Å²) < 4.78 is 13.1. The van der Waals surface area contributed by atoms with Gasteiger partial charge in [-0.25, -0.2) is 4.39 Å². The lowest BCUT2D eigenvalue weighted by atomic mass is 10.1. The zero-order chi connectivity index (χ0) is 13.7. The number of nitrogens with zero attached hydrogens (tertiary/aromatic N) is 1. The minimum atomic E-state index is -0.218. The first-order chi connectivity index (χ1) is 8.43. The van der Waals surface area contributed by atoms with E-state index in [0.29, 0.717) is 25.1 Å². The number of benzene rings is 1. The summed E-state index contributed by atoms with van der Waals surface area (Å²) in [6, 6.07) is 4.91. The molecule has 1 unspecified atom stereocenters. The van der Waals surface area contributed by atoms with Crippen LogP contribution in [0.5, 0.6) is 0 Å². The molecule has 2 N–H and O–H groups in total. The maximum Gasteiger partial charge on any atom is 0.222 e. The highest BCUT2D eigenvalue weighted by Gasteiger charge is 2.13. The molecule has 0 radical (unpaired) electrons. The molecule has 0 aromatic heterocycles. The SMILES string of the molecule is Cc1cc(CN(C)C(=O)CC(C)CN)ccc1F. The van der Waals surface area contributed by atoms with Crippen LogP contribution in [-0.2, 0) is 11.3 Å². The quantitative estimate of drug-likeness (QED) is 0.872. The third kappa shape index (κ3) is 4.11. The Bertz CT molecular complexity index is 420. The minimum Gasteiger partial charge on any atom is -0.341 e. The summed E-state index contributed by atoms with van der Waals surface area (Å²) in [5.41, 5.74) is 7.03. The predicted octanol–water partition coefficient (Wildman–Crippen LogP) is 2.08. The van der Waals surface area contributed by atoms with Gasteiger partial charge < -0.3 is 10.6 Å². The number of rotatable bonds is 5. The van der Waals surface area contributed by atoms with Crippen LogP contribution in [0.2, 0.25) is 0 Å². The minimum absolute atomic E-state index is 0.0647. The molecule has 0 spiro atoms. The molecule has 3 nitrogen and oxygen atoms in total. The Labute approximate surface area is 108 Å². The van der Waals surface area contributed by atoms with Gasteiger partial charge in [-0.3, -0.25) is 4.79 Å². The van der Waals surface area contributed by atoms with Crippen molar-refractivity contribution in [1.82, 2.24) is 4.90 Å². The van der Waals surface area contributed by atoms with Crippen LogP contribution >= 0.6 is 0 Å². The van der Waals surface area contributed by atoms with E-state index in [2.05, 4.69) is 0 Å². The highest BCUT2D eigenvalue weighted by Crippen LogP contribution is 2.12. The summed E-state index contributed by atoms with van der Waals surface area (Å²) in [5.74, 6) is 0.0364. The summed E-state index contributed by atoms with van der Waals surface area (Å²) in [6.07, 6.45) is 0.452. The second-order valence-corrected chi connectivity index (χ2v) is 4.88. The topological polar surface area (TPSA) is 46.3 Å². The van der Waals surface area contributed by atoms with Gasteiger partial charge in [0.25, 0.3) is 0 Å². The number of carbonyl (C=O) groups excluding carboxylic acids is 1. The predicted molar refractivity (Wildman–Crippen MR) is 70.4 cm³/mol. The van der Waals surface area contributed by atoms with Crippen molar-refractivity contribution < 1.29 is 9.18 Å². The summed E-state index contributed by atoms with van der Waals surface area (Å²) in [6.45, 7) is 4.68. The highest BCUT2D eigenvalue weighted by molar-refractivity contribution is 5.76. The fraction of sp³-hybridized carbons (Fsp3) is 0.500. The number of carbonyl (C=O) groups is 1. The lowest BCUT2D eigenvalue weighted by Gasteiger charge is -2.19. The van der Waals surface area contributed by atoms with E-state index in [0.717, 1.165) is 5.56 Å². The zero-order valence-corrected chi connectivity index (χ0v) is 11.2. The van der Waals surface area contributed by atoms with E-state index >= 15 is 0 Å². The molecule has 4 heteroatoms. The van der Waals surface area contributed by atoms with E-state index in [1.54, 1.807) is 31.0 Å². The molecule has 0 aliphatic heterocycles. The Morgan fingerprint density at radius 1 is 1.50 bits per heavy atom. The van der Waals surface area contributed by atoms with E-state index in [1.807, 2.05) is 6.92 Å². The molecule has 0 saturated carbocycles. The average Bonchev–Trinajstić information content (AvgIpc) is 2.33. The number of hydrogen-bond acceptors (Lipinski definition) is 2. The smallest absolute Gasteiger partial charge is 0.222 e. The number of nitrogens with two attached hydrogens (primary N) is 1. The van der Waals surface area contributed by atoms with Gasteiger partial charge in [-0.05, 0) is 36.6 Å². The van der Waals surface area contributed by atoms with E-state index < -0.39 is 0 Å². The van der Waals surface area contributed by atoms with Gasteiger partial charge >= 0.3 is 0 Å². The molecule has 1 aromatic rings. The molecule has 100 valence electrons. The summed E-state index contributed by atoms with van der Waals surface area (Å²) in [4.78, 5) is 13.5. The summed E-state index contributed by atoms with van der Waals surface area (Å²) >= 11 is 0. The average molecular weight is 252 g/mol. The molecule has 0 aliphatic carbocycles. The van der Waals surface area contributed by atoms with Gasteiger partial charge in [0.05, 0.1) is 0 Å². The molecular formula is C14H21FN2O. The van der Waals surface area contributed by atoms with Crippen molar-refractivity contribution in [2.24, 2.45) is 11.7 Å². The summed E-state index contributed by atoms with van der Waals surface area (Å²) in [7, 11) is 1.75. The molecule has 0 saturated heterocycles. The van der Waals surface area contributed by atoms with Crippen molar-refractivity contribution >= 4 is 5.91 Å². The monoisotopic (exact) mass is 252 g/mol. The van der Waals surface area contributed by atoms with Crippen molar-refractivity contribution in [2.45, 2.75) is 26.8 Å².